The number of thioether (sulfide) groups is 1. The molecule has 1 fully saturated rings. The normalized spacial score (nSPS) is 26.6. The molecule has 1 aliphatic carbocycles. The first-order chi connectivity index (χ1) is 9.69. The van der Waals surface area contributed by atoms with Gasteiger partial charge in [-0.3, -0.25) is 0 Å². The summed E-state index contributed by atoms with van der Waals surface area (Å²) in [6.07, 6.45) is 5.69. The summed E-state index contributed by atoms with van der Waals surface area (Å²) in [6, 6.07) is 8.41. The van der Waals surface area contributed by atoms with Gasteiger partial charge in [0, 0.05) is 20.2 Å². The van der Waals surface area contributed by atoms with Crippen molar-refractivity contribution < 1.29 is 5.11 Å². The summed E-state index contributed by atoms with van der Waals surface area (Å²) in [5.41, 5.74) is -0.0623. The Balaban J connectivity index is 2.01. The van der Waals surface area contributed by atoms with Gasteiger partial charge in [0.05, 0.1) is 6.61 Å². The van der Waals surface area contributed by atoms with Crippen LogP contribution < -0.4 is 5.32 Å². The Labute approximate surface area is 134 Å². The molecule has 0 aromatic heterocycles. The van der Waals surface area contributed by atoms with E-state index in [0.29, 0.717) is 5.25 Å². The van der Waals surface area contributed by atoms with Gasteiger partial charge in [0.1, 0.15) is 0 Å². The third kappa shape index (κ3) is 4.23. The monoisotopic (exact) mass is 357 g/mol. The fraction of sp³-hybridized carbons (Fsp3) is 0.625. The maximum absolute atomic E-state index is 9.83. The molecule has 0 saturated heterocycles. The molecule has 0 bridgehead atoms. The minimum Gasteiger partial charge on any atom is -0.394 e. The van der Waals surface area contributed by atoms with E-state index in [9.17, 15) is 5.11 Å². The van der Waals surface area contributed by atoms with Gasteiger partial charge in [-0.15, -0.1) is 11.8 Å². The van der Waals surface area contributed by atoms with Crippen LogP contribution in [-0.4, -0.2) is 29.0 Å². The molecule has 2 nitrogen and oxygen atoms in total. The van der Waals surface area contributed by atoms with Crippen molar-refractivity contribution in [2.24, 2.45) is 0 Å². The average Bonchev–Trinajstić information content (AvgIpc) is 2.48. The number of hydrogen-bond acceptors (Lipinski definition) is 3. The van der Waals surface area contributed by atoms with E-state index in [2.05, 4.69) is 52.4 Å². The zero-order valence-corrected chi connectivity index (χ0v) is 14.5. The predicted molar refractivity (Wildman–Crippen MR) is 90.4 cm³/mol. The quantitative estimate of drug-likeness (QED) is 0.799. The first-order valence-electron chi connectivity index (χ1n) is 7.46. The molecule has 1 aliphatic rings. The summed E-state index contributed by atoms with van der Waals surface area (Å²) in [7, 11) is 0. The van der Waals surface area contributed by atoms with Crippen LogP contribution in [0.3, 0.4) is 0 Å². The zero-order chi connectivity index (χ0) is 14.4. The SMILES string of the molecule is CCCNC1(CO)CCCC(Sc2ccccc2Br)C1. The van der Waals surface area contributed by atoms with Crippen molar-refractivity contribution in [3.8, 4) is 0 Å². The Bertz CT molecular complexity index is 429. The highest BCUT2D eigenvalue weighted by molar-refractivity contribution is 9.10. The molecule has 1 aromatic carbocycles. The lowest BCUT2D eigenvalue weighted by Crippen LogP contribution is -2.52. The number of halogens is 1. The van der Waals surface area contributed by atoms with Crippen molar-refractivity contribution in [2.75, 3.05) is 13.2 Å². The van der Waals surface area contributed by atoms with E-state index >= 15 is 0 Å². The smallest absolute Gasteiger partial charge is 0.0613 e. The second-order valence-electron chi connectivity index (χ2n) is 5.63. The number of rotatable bonds is 6. The van der Waals surface area contributed by atoms with Gasteiger partial charge >= 0.3 is 0 Å². The minimum atomic E-state index is -0.0623. The Morgan fingerprint density at radius 1 is 1.45 bits per heavy atom. The Morgan fingerprint density at radius 3 is 2.95 bits per heavy atom. The summed E-state index contributed by atoms with van der Waals surface area (Å²) in [6.45, 7) is 3.42. The van der Waals surface area contributed by atoms with Crippen molar-refractivity contribution >= 4 is 27.7 Å². The van der Waals surface area contributed by atoms with Gasteiger partial charge < -0.3 is 10.4 Å². The van der Waals surface area contributed by atoms with Crippen LogP contribution in [0.4, 0.5) is 0 Å². The van der Waals surface area contributed by atoms with Crippen molar-refractivity contribution in [3.05, 3.63) is 28.7 Å². The third-order valence-electron chi connectivity index (χ3n) is 3.98. The number of aliphatic hydroxyl groups is 1. The Kier molecular flexibility index (Phi) is 6.40. The summed E-state index contributed by atoms with van der Waals surface area (Å²) in [5, 5.41) is 14.0. The van der Waals surface area contributed by atoms with Crippen LogP contribution in [0.5, 0.6) is 0 Å². The number of nitrogens with one attached hydrogen (secondary N) is 1. The van der Waals surface area contributed by atoms with Crippen LogP contribution in [0, 0.1) is 0 Å². The molecule has 2 atom stereocenters. The summed E-state index contributed by atoms with van der Waals surface area (Å²) in [4.78, 5) is 1.31. The standard InChI is InChI=1S/C16H24BrNOS/c1-2-10-18-16(12-19)9-5-6-13(11-16)20-15-8-4-3-7-14(15)17/h3-4,7-8,13,18-19H,2,5-6,9-12H2,1H3. The van der Waals surface area contributed by atoms with Crippen molar-refractivity contribution in [1.82, 2.24) is 5.32 Å². The molecule has 0 spiro atoms. The topological polar surface area (TPSA) is 32.3 Å². The van der Waals surface area contributed by atoms with E-state index in [4.69, 9.17) is 0 Å². The van der Waals surface area contributed by atoms with E-state index in [-0.39, 0.29) is 12.1 Å². The Morgan fingerprint density at radius 2 is 2.25 bits per heavy atom. The molecule has 2 N–H and O–H groups in total. The lowest BCUT2D eigenvalue weighted by Gasteiger charge is -2.40. The molecule has 0 heterocycles. The molecule has 1 aromatic rings. The summed E-state index contributed by atoms with van der Waals surface area (Å²) >= 11 is 5.57. The molecular weight excluding hydrogens is 334 g/mol. The van der Waals surface area contributed by atoms with Gasteiger partial charge in [-0.2, -0.15) is 0 Å². The maximum Gasteiger partial charge on any atom is 0.0613 e. The number of benzene rings is 1. The predicted octanol–water partition coefficient (Wildman–Crippen LogP) is 4.21. The van der Waals surface area contributed by atoms with Gasteiger partial charge in [0.15, 0.2) is 0 Å². The maximum atomic E-state index is 9.83. The Hall–Kier alpha value is -0.0300. The molecule has 20 heavy (non-hydrogen) atoms. The fourth-order valence-corrected chi connectivity index (χ4v) is 4.83. The molecule has 0 radical (unpaired) electrons. The number of hydrogen-bond donors (Lipinski definition) is 2. The fourth-order valence-electron chi connectivity index (χ4n) is 2.88. The van der Waals surface area contributed by atoms with E-state index in [0.717, 1.165) is 25.8 Å². The van der Waals surface area contributed by atoms with Crippen LogP contribution in [-0.2, 0) is 0 Å². The first-order valence-corrected chi connectivity index (χ1v) is 9.13. The van der Waals surface area contributed by atoms with Gasteiger partial charge in [0.2, 0.25) is 0 Å². The first kappa shape index (κ1) is 16.3. The van der Waals surface area contributed by atoms with Crippen molar-refractivity contribution in [2.45, 2.75) is 54.7 Å². The highest BCUT2D eigenvalue weighted by atomic mass is 79.9. The molecule has 4 heteroatoms. The molecule has 0 amide bonds. The molecule has 2 unspecified atom stereocenters. The van der Waals surface area contributed by atoms with E-state index in [1.807, 2.05) is 11.8 Å². The van der Waals surface area contributed by atoms with Crippen molar-refractivity contribution in [3.63, 3.8) is 0 Å². The van der Waals surface area contributed by atoms with E-state index < -0.39 is 0 Å². The van der Waals surface area contributed by atoms with Crippen LogP contribution in [0.1, 0.15) is 39.0 Å². The van der Waals surface area contributed by atoms with Crippen LogP contribution in [0.2, 0.25) is 0 Å². The van der Waals surface area contributed by atoms with Gasteiger partial charge in [0.25, 0.3) is 0 Å². The summed E-state index contributed by atoms with van der Waals surface area (Å²) < 4.78 is 1.17. The zero-order valence-electron chi connectivity index (χ0n) is 12.1. The largest absolute Gasteiger partial charge is 0.394 e. The molecular formula is C16H24BrNOS. The van der Waals surface area contributed by atoms with E-state index in [1.165, 1.54) is 22.2 Å². The second kappa shape index (κ2) is 7.83. The van der Waals surface area contributed by atoms with Crippen molar-refractivity contribution in [1.29, 1.82) is 0 Å². The van der Waals surface area contributed by atoms with Crippen LogP contribution in [0.25, 0.3) is 0 Å². The lowest BCUT2D eigenvalue weighted by atomic mass is 9.82. The van der Waals surface area contributed by atoms with Gasteiger partial charge in [-0.05, 0) is 60.3 Å². The second-order valence-corrected chi connectivity index (χ2v) is 7.83. The van der Waals surface area contributed by atoms with Gasteiger partial charge in [-0.1, -0.05) is 25.5 Å². The molecule has 0 aliphatic heterocycles. The average molecular weight is 358 g/mol. The minimum absolute atomic E-state index is 0.0623. The van der Waals surface area contributed by atoms with E-state index in [1.54, 1.807) is 0 Å². The molecule has 112 valence electrons. The van der Waals surface area contributed by atoms with Crippen LogP contribution in [0.15, 0.2) is 33.6 Å². The number of aliphatic hydroxyl groups excluding tert-OH is 1. The highest BCUT2D eigenvalue weighted by Crippen LogP contribution is 2.40. The molecule has 2 rings (SSSR count). The lowest BCUT2D eigenvalue weighted by molar-refractivity contribution is 0.124. The third-order valence-corrected chi connectivity index (χ3v) is 6.28. The van der Waals surface area contributed by atoms with Crippen LogP contribution >= 0.6 is 27.7 Å². The summed E-state index contributed by atoms with van der Waals surface area (Å²) in [5.74, 6) is 0. The van der Waals surface area contributed by atoms with Gasteiger partial charge in [-0.25, -0.2) is 0 Å². The highest BCUT2D eigenvalue weighted by Gasteiger charge is 2.35. The molecule has 1 saturated carbocycles.